The molecule has 2 aromatic carbocycles. The van der Waals surface area contributed by atoms with Gasteiger partial charge in [-0.05, 0) is 65.2 Å². The second kappa shape index (κ2) is 5.55. The summed E-state index contributed by atoms with van der Waals surface area (Å²) in [5.74, 6) is 1.26. The molecule has 0 spiro atoms. The zero-order valence-corrected chi connectivity index (χ0v) is 13.5. The fraction of sp³-hybridized carbons (Fsp3) is 0.143. The maximum absolute atomic E-state index is 11.3. The lowest BCUT2D eigenvalue weighted by molar-refractivity contribution is 0.475. The van der Waals surface area contributed by atoms with Gasteiger partial charge < -0.3 is 4.74 Å². The van der Waals surface area contributed by atoms with E-state index in [9.17, 15) is 8.42 Å². The molecule has 0 aliphatic heterocycles. The quantitative estimate of drug-likeness (QED) is 0.915. The predicted octanol–water partition coefficient (Wildman–Crippen LogP) is 3.51. The van der Waals surface area contributed by atoms with Gasteiger partial charge >= 0.3 is 0 Å². The van der Waals surface area contributed by atoms with E-state index in [4.69, 9.17) is 9.88 Å². The first kappa shape index (κ1) is 15.0. The van der Waals surface area contributed by atoms with E-state index in [-0.39, 0.29) is 4.90 Å². The Morgan fingerprint density at radius 3 is 2.40 bits per heavy atom. The summed E-state index contributed by atoms with van der Waals surface area (Å²) in [4.78, 5) is 0.0395. The van der Waals surface area contributed by atoms with Crippen molar-refractivity contribution in [2.75, 3.05) is 0 Å². The predicted molar refractivity (Wildman–Crippen MR) is 81.5 cm³/mol. The van der Waals surface area contributed by atoms with Crippen LogP contribution in [0.5, 0.6) is 11.5 Å². The molecule has 0 atom stereocenters. The molecule has 0 radical (unpaired) electrons. The summed E-state index contributed by atoms with van der Waals surface area (Å²) < 4.78 is 28.9. The lowest BCUT2D eigenvalue weighted by Gasteiger charge is -2.12. The summed E-state index contributed by atoms with van der Waals surface area (Å²) >= 11 is 3.30. The molecule has 0 fully saturated rings. The average molecular weight is 356 g/mol. The monoisotopic (exact) mass is 355 g/mol. The molecule has 0 heterocycles. The van der Waals surface area contributed by atoms with Crippen molar-refractivity contribution in [3.05, 3.63) is 52.0 Å². The van der Waals surface area contributed by atoms with Gasteiger partial charge in [0.25, 0.3) is 0 Å². The highest BCUT2D eigenvalue weighted by atomic mass is 79.9. The van der Waals surface area contributed by atoms with Crippen LogP contribution in [0.2, 0.25) is 0 Å². The third-order valence-corrected chi connectivity index (χ3v) is 4.54. The summed E-state index contributed by atoms with van der Waals surface area (Å²) in [6.45, 7) is 3.97. The van der Waals surface area contributed by atoms with E-state index in [0.717, 1.165) is 16.9 Å². The van der Waals surface area contributed by atoms with Gasteiger partial charge in [0.05, 0.1) is 9.37 Å². The first-order valence-corrected chi connectivity index (χ1v) is 8.19. The third-order valence-electron chi connectivity index (χ3n) is 3.01. The zero-order valence-electron chi connectivity index (χ0n) is 11.1. The highest BCUT2D eigenvalue weighted by Crippen LogP contribution is 2.33. The Bertz CT molecular complexity index is 757. The molecular weight excluding hydrogens is 342 g/mol. The van der Waals surface area contributed by atoms with Crippen molar-refractivity contribution >= 4 is 26.0 Å². The Balaban J connectivity index is 2.38. The number of ether oxygens (including phenoxy) is 1. The number of benzene rings is 2. The van der Waals surface area contributed by atoms with Crippen molar-refractivity contribution < 1.29 is 13.2 Å². The lowest BCUT2D eigenvalue weighted by atomic mass is 10.1. The lowest BCUT2D eigenvalue weighted by Crippen LogP contribution is -2.11. The number of halogens is 1. The van der Waals surface area contributed by atoms with Gasteiger partial charge in [-0.1, -0.05) is 12.1 Å². The van der Waals surface area contributed by atoms with Gasteiger partial charge in [-0.25, -0.2) is 13.6 Å². The molecule has 2 aromatic rings. The third kappa shape index (κ3) is 3.20. The minimum atomic E-state index is -3.72. The number of hydrogen-bond donors (Lipinski definition) is 1. The van der Waals surface area contributed by atoms with E-state index in [1.807, 2.05) is 32.0 Å². The molecule has 0 saturated carbocycles. The van der Waals surface area contributed by atoms with Crippen molar-refractivity contribution in [3.8, 4) is 11.5 Å². The standard InChI is InChI=1S/C14H14BrNO3S/c1-9-4-3-5-13(10(9)2)19-14-7-6-11(8-12(14)15)20(16,17)18/h3-8H,1-2H3,(H2,16,17,18). The molecule has 0 amide bonds. The second-order valence-corrected chi connectivity index (χ2v) is 6.85. The zero-order chi connectivity index (χ0) is 14.9. The normalized spacial score (nSPS) is 11.4. The second-order valence-electron chi connectivity index (χ2n) is 4.44. The number of rotatable bonds is 3. The van der Waals surface area contributed by atoms with Crippen molar-refractivity contribution in [2.24, 2.45) is 5.14 Å². The minimum absolute atomic E-state index is 0.0395. The first-order valence-electron chi connectivity index (χ1n) is 5.85. The smallest absolute Gasteiger partial charge is 0.238 e. The van der Waals surface area contributed by atoms with Crippen LogP contribution in [-0.2, 0) is 10.0 Å². The van der Waals surface area contributed by atoms with Gasteiger partial charge in [-0.3, -0.25) is 0 Å². The molecule has 0 aliphatic carbocycles. The van der Waals surface area contributed by atoms with Crippen LogP contribution >= 0.6 is 15.9 Å². The Kier molecular flexibility index (Phi) is 4.17. The maximum Gasteiger partial charge on any atom is 0.238 e. The molecule has 0 bridgehead atoms. The van der Waals surface area contributed by atoms with Crippen LogP contribution in [0.15, 0.2) is 45.8 Å². The summed E-state index contributed by atoms with van der Waals surface area (Å²) in [5.41, 5.74) is 2.16. The number of aryl methyl sites for hydroxylation is 1. The van der Waals surface area contributed by atoms with Crippen LogP contribution in [0.3, 0.4) is 0 Å². The van der Waals surface area contributed by atoms with Crippen LogP contribution < -0.4 is 9.88 Å². The van der Waals surface area contributed by atoms with Crippen molar-refractivity contribution in [1.82, 2.24) is 0 Å². The van der Waals surface area contributed by atoms with E-state index >= 15 is 0 Å². The molecule has 2 rings (SSSR count). The van der Waals surface area contributed by atoms with E-state index in [2.05, 4.69) is 15.9 Å². The van der Waals surface area contributed by atoms with E-state index < -0.39 is 10.0 Å². The molecule has 106 valence electrons. The van der Waals surface area contributed by atoms with Gasteiger partial charge in [0.15, 0.2) is 0 Å². The Morgan fingerprint density at radius 1 is 1.10 bits per heavy atom. The maximum atomic E-state index is 11.3. The van der Waals surface area contributed by atoms with Crippen molar-refractivity contribution in [1.29, 1.82) is 0 Å². The Hall–Kier alpha value is -1.37. The SMILES string of the molecule is Cc1cccc(Oc2ccc(S(N)(=O)=O)cc2Br)c1C. The molecule has 2 N–H and O–H groups in total. The average Bonchev–Trinajstić information content (AvgIpc) is 2.36. The Labute approximate surface area is 126 Å². The van der Waals surface area contributed by atoms with E-state index in [1.54, 1.807) is 6.07 Å². The molecule has 0 aromatic heterocycles. The first-order chi connectivity index (χ1) is 9.29. The molecule has 0 saturated heterocycles. The van der Waals surface area contributed by atoms with E-state index in [1.165, 1.54) is 12.1 Å². The number of nitrogens with two attached hydrogens (primary N) is 1. The van der Waals surface area contributed by atoms with Gasteiger partial charge in [-0.2, -0.15) is 0 Å². The van der Waals surface area contributed by atoms with Gasteiger partial charge in [0.1, 0.15) is 11.5 Å². The molecule has 6 heteroatoms. The van der Waals surface area contributed by atoms with Crippen LogP contribution in [0.4, 0.5) is 0 Å². The largest absolute Gasteiger partial charge is 0.456 e. The van der Waals surface area contributed by atoms with Crippen molar-refractivity contribution in [2.45, 2.75) is 18.7 Å². The van der Waals surface area contributed by atoms with Gasteiger partial charge in [0, 0.05) is 0 Å². The molecular formula is C14H14BrNO3S. The van der Waals surface area contributed by atoms with Crippen molar-refractivity contribution in [3.63, 3.8) is 0 Å². The molecule has 0 unspecified atom stereocenters. The van der Waals surface area contributed by atoms with Gasteiger partial charge in [-0.15, -0.1) is 0 Å². The fourth-order valence-electron chi connectivity index (χ4n) is 1.69. The summed E-state index contributed by atoms with van der Waals surface area (Å²) in [6, 6.07) is 10.2. The number of primary sulfonamides is 1. The fourth-order valence-corrected chi connectivity index (χ4v) is 2.85. The minimum Gasteiger partial charge on any atom is -0.456 e. The summed E-state index contributed by atoms with van der Waals surface area (Å²) in [5, 5.41) is 5.08. The van der Waals surface area contributed by atoms with Crippen LogP contribution in [-0.4, -0.2) is 8.42 Å². The van der Waals surface area contributed by atoms with Crippen LogP contribution in [0, 0.1) is 13.8 Å². The number of sulfonamides is 1. The number of hydrogen-bond acceptors (Lipinski definition) is 3. The topological polar surface area (TPSA) is 69.4 Å². The highest BCUT2D eigenvalue weighted by Gasteiger charge is 2.12. The molecule has 20 heavy (non-hydrogen) atoms. The van der Waals surface area contributed by atoms with Gasteiger partial charge in [0.2, 0.25) is 10.0 Å². The van der Waals surface area contributed by atoms with E-state index in [0.29, 0.717) is 10.2 Å². The summed E-state index contributed by atoms with van der Waals surface area (Å²) in [6.07, 6.45) is 0. The summed E-state index contributed by atoms with van der Waals surface area (Å²) in [7, 11) is -3.72. The highest BCUT2D eigenvalue weighted by molar-refractivity contribution is 9.10. The molecule has 4 nitrogen and oxygen atoms in total. The Morgan fingerprint density at radius 2 is 1.80 bits per heavy atom. The molecule has 0 aliphatic rings. The van der Waals surface area contributed by atoms with Crippen LogP contribution in [0.25, 0.3) is 0 Å². The van der Waals surface area contributed by atoms with Crippen LogP contribution in [0.1, 0.15) is 11.1 Å².